The standard InChI is InChI=1S/C24H24N4/c1-18-15-28(17-26-18)23-10-8-22(9-11-23)27-13-12-25-24(16-27)21-7-6-19-4-2-3-5-20(19)14-21/h2-11,14-15,17,24-25H,12-13,16H2,1H3. The summed E-state index contributed by atoms with van der Waals surface area (Å²) in [6, 6.07) is 24.5. The zero-order valence-electron chi connectivity index (χ0n) is 16.0. The van der Waals surface area contributed by atoms with Crippen molar-refractivity contribution in [1.29, 1.82) is 0 Å². The Bertz CT molecular complexity index is 1100. The lowest BCUT2D eigenvalue weighted by Gasteiger charge is -2.35. The molecule has 140 valence electrons. The minimum Gasteiger partial charge on any atom is -0.368 e. The Morgan fingerprint density at radius 3 is 2.50 bits per heavy atom. The number of nitrogens with zero attached hydrogens (tertiary/aromatic N) is 3. The van der Waals surface area contributed by atoms with Crippen LogP contribution in [0.4, 0.5) is 5.69 Å². The van der Waals surface area contributed by atoms with Crippen LogP contribution in [0.5, 0.6) is 0 Å². The molecule has 1 aliphatic heterocycles. The molecule has 0 radical (unpaired) electrons. The molecule has 1 aromatic heterocycles. The van der Waals surface area contributed by atoms with Crippen LogP contribution in [0.15, 0.2) is 79.3 Å². The van der Waals surface area contributed by atoms with Gasteiger partial charge in [-0.05, 0) is 53.6 Å². The van der Waals surface area contributed by atoms with Crippen molar-refractivity contribution in [3.8, 4) is 5.69 Å². The molecule has 0 amide bonds. The first-order valence-corrected chi connectivity index (χ1v) is 9.84. The minimum atomic E-state index is 0.342. The van der Waals surface area contributed by atoms with Gasteiger partial charge in [-0.3, -0.25) is 0 Å². The normalized spacial score (nSPS) is 17.2. The summed E-state index contributed by atoms with van der Waals surface area (Å²) in [6.07, 6.45) is 3.92. The highest BCUT2D eigenvalue weighted by Gasteiger charge is 2.21. The van der Waals surface area contributed by atoms with Crippen LogP contribution < -0.4 is 10.2 Å². The van der Waals surface area contributed by atoms with Crippen LogP contribution in [-0.2, 0) is 0 Å². The predicted octanol–water partition coefficient (Wildman–Crippen LogP) is 4.48. The van der Waals surface area contributed by atoms with Gasteiger partial charge in [0.25, 0.3) is 0 Å². The Kier molecular flexibility index (Phi) is 4.34. The van der Waals surface area contributed by atoms with Crippen LogP contribution in [-0.4, -0.2) is 29.2 Å². The quantitative estimate of drug-likeness (QED) is 0.579. The van der Waals surface area contributed by atoms with E-state index in [9.17, 15) is 0 Å². The van der Waals surface area contributed by atoms with Crippen LogP contribution in [0, 0.1) is 6.92 Å². The summed E-state index contributed by atoms with van der Waals surface area (Å²) in [5, 5.41) is 6.29. The monoisotopic (exact) mass is 368 g/mol. The molecule has 1 unspecified atom stereocenters. The van der Waals surface area contributed by atoms with E-state index in [2.05, 4.69) is 92.7 Å². The summed E-state index contributed by atoms with van der Waals surface area (Å²) >= 11 is 0. The number of aryl methyl sites for hydroxylation is 1. The molecule has 5 rings (SSSR count). The third kappa shape index (κ3) is 3.27. The van der Waals surface area contributed by atoms with Gasteiger partial charge in [0.05, 0.1) is 12.0 Å². The largest absolute Gasteiger partial charge is 0.368 e. The fourth-order valence-corrected chi connectivity index (χ4v) is 4.03. The molecule has 2 heterocycles. The van der Waals surface area contributed by atoms with E-state index in [1.54, 1.807) is 0 Å². The lowest BCUT2D eigenvalue weighted by Crippen LogP contribution is -2.45. The minimum absolute atomic E-state index is 0.342. The van der Waals surface area contributed by atoms with Gasteiger partial charge in [0.1, 0.15) is 0 Å². The lowest BCUT2D eigenvalue weighted by atomic mass is 10.00. The maximum Gasteiger partial charge on any atom is 0.0995 e. The second-order valence-corrected chi connectivity index (χ2v) is 7.50. The molecular weight excluding hydrogens is 344 g/mol. The highest BCUT2D eigenvalue weighted by molar-refractivity contribution is 5.83. The van der Waals surface area contributed by atoms with E-state index in [1.807, 2.05) is 13.3 Å². The second-order valence-electron chi connectivity index (χ2n) is 7.50. The van der Waals surface area contributed by atoms with Crippen molar-refractivity contribution in [3.63, 3.8) is 0 Å². The van der Waals surface area contributed by atoms with Gasteiger partial charge in [0.2, 0.25) is 0 Å². The third-order valence-corrected chi connectivity index (χ3v) is 5.58. The van der Waals surface area contributed by atoms with Crippen molar-refractivity contribution in [2.75, 3.05) is 24.5 Å². The maximum atomic E-state index is 4.31. The van der Waals surface area contributed by atoms with Gasteiger partial charge < -0.3 is 14.8 Å². The molecule has 1 atom stereocenters. The van der Waals surface area contributed by atoms with E-state index in [0.717, 1.165) is 31.0 Å². The summed E-state index contributed by atoms with van der Waals surface area (Å²) in [4.78, 5) is 6.79. The first-order chi connectivity index (χ1) is 13.8. The van der Waals surface area contributed by atoms with Gasteiger partial charge in [0, 0.05) is 43.2 Å². The van der Waals surface area contributed by atoms with E-state index >= 15 is 0 Å². The lowest BCUT2D eigenvalue weighted by molar-refractivity contribution is 0.472. The third-order valence-electron chi connectivity index (χ3n) is 5.58. The summed E-state index contributed by atoms with van der Waals surface area (Å²) in [5.41, 5.74) is 4.80. The molecule has 4 heteroatoms. The second kappa shape index (κ2) is 7.13. The summed E-state index contributed by atoms with van der Waals surface area (Å²) in [5.74, 6) is 0. The number of piperazine rings is 1. The van der Waals surface area contributed by atoms with Gasteiger partial charge in [-0.25, -0.2) is 4.98 Å². The first-order valence-electron chi connectivity index (χ1n) is 9.84. The number of benzene rings is 3. The van der Waals surface area contributed by atoms with Crippen molar-refractivity contribution in [2.24, 2.45) is 0 Å². The molecule has 1 fully saturated rings. The molecule has 1 N–H and O–H groups in total. The average molecular weight is 368 g/mol. The van der Waals surface area contributed by atoms with Crippen LogP contribution in [0.25, 0.3) is 16.5 Å². The SMILES string of the molecule is Cc1cn(-c2ccc(N3CCNC(c4ccc5ccccc5c4)C3)cc2)cn1. The highest BCUT2D eigenvalue weighted by Crippen LogP contribution is 2.26. The van der Waals surface area contributed by atoms with Crippen LogP contribution in [0.1, 0.15) is 17.3 Å². The van der Waals surface area contributed by atoms with Crippen molar-refractivity contribution in [2.45, 2.75) is 13.0 Å². The molecular formula is C24H24N4. The fraction of sp³-hybridized carbons (Fsp3) is 0.208. The number of anilines is 1. The fourth-order valence-electron chi connectivity index (χ4n) is 4.03. The maximum absolute atomic E-state index is 4.31. The Morgan fingerprint density at radius 1 is 0.929 bits per heavy atom. The van der Waals surface area contributed by atoms with E-state index in [-0.39, 0.29) is 0 Å². The number of aromatic nitrogens is 2. The van der Waals surface area contributed by atoms with Crippen LogP contribution in [0.3, 0.4) is 0 Å². The van der Waals surface area contributed by atoms with Crippen LogP contribution in [0.2, 0.25) is 0 Å². The molecule has 0 bridgehead atoms. The van der Waals surface area contributed by atoms with Crippen molar-refractivity contribution in [3.05, 3.63) is 90.5 Å². The van der Waals surface area contributed by atoms with Gasteiger partial charge in [-0.1, -0.05) is 36.4 Å². The van der Waals surface area contributed by atoms with Crippen molar-refractivity contribution < 1.29 is 0 Å². The molecule has 1 aliphatic rings. The highest BCUT2D eigenvalue weighted by atomic mass is 15.2. The zero-order chi connectivity index (χ0) is 18.9. The van der Waals surface area contributed by atoms with E-state index < -0.39 is 0 Å². The van der Waals surface area contributed by atoms with Gasteiger partial charge >= 0.3 is 0 Å². The number of rotatable bonds is 3. The van der Waals surface area contributed by atoms with E-state index in [4.69, 9.17) is 0 Å². The van der Waals surface area contributed by atoms with E-state index in [1.165, 1.54) is 22.0 Å². The number of hydrogen-bond donors (Lipinski definition) is 1. The Hall–Kier alpha value is -3.11. The molecule has 1 saturated heterocycles. The summed E-state index contributed by atoms with van der Waals surface area (Å²) < 4.78 is 2.06. The number of imidazole rings is 1. The summed E-state index contributed by atoms with van der Waals surface area (Å²) in [7, 11) is 0. The van der Waals surface area contributed by atoms with E-state index in [0.29, 0.717) is 6.04 Å². The molecule has 28 heavy (non-hydrogen) atoms. The topological polar surface area (TPSA) is 33.1 Å². The average Bonchev–Trinajstić information content (AvgIpc) is 3.20. The molecule has 4 aromatic rings. The van der Waals surface area contributed by atoms with Gasteiger partial charge in [0.15, 0.2) is 0 Å². The van der Waals surface area contributed by atoms with Crippen molar-refractivity contribution >= 4 is 16.5 Å². The summed E-state index contributed by atoms with van der Waals surface area (Å²) in [6.45, 7) is 4.99. The first kappa shape index (κ1) is 17.0. The van der Waals surface area contributed by atoms with Crippen molar-refractivity contribution in [1.82, 2.24) is 14.9 Å². The number of fused-ring (bicyclic) bond motifs is 1. The zero-order valence-corrected chi connectivity index (χ0v) is 16.0. The smallest absolute Gasteiger partial charge is 0.0995 e. The molecule has 0 spiro atoms. The Balaban J connectivity index is 1.36. The molecule has 4 nitrogen and oxygen atoms in total. The Labute approximate surface area is 165 Å². The molecule has 0 aliphatic carbocycles. The predicted molar refractivity (Wildman–Crippen MR) is 115 cm³/mol. The number of nitrogens with one attached hydrogen (secondary N) is 1. The van der Waals surface area contributed by atoms with Crippen LogP contribution >= 0.6 is 0 Å². The molecule has 0 saturated carbocycles. The van der Waals surface area contributed by atoms with Gasteiger partial charge in [-0.15, -0.1) is 0 Å². The number of hydrogen-bond acceptors (Lipinski definition) is 3. The molecule has 3 aromatic carbocycles. The Morgan fingerprint density at radius 2 is 1.71 bits per heavy atom. The van der Waals surface area contributed by atoms with Gasteiger partial charge in [-0.2, -0.15) is 0 Å².